The molecule has 2 fully saturated rings. The minimum atomic E-state index is -4.29. The lowest BCUT2D eigenvalue weighted by Crippen LogP contribution is -2.50. The molecule has 7 heteroatoms. The van der Waals surface area contributed by atoms with Gasteiger partial charge in [-0.05, 0) is 0 Å². The van der Waals surface area contributed by atoms with Crippen LogP contribution in [0.3, 0.4) is 0 Å². The quantitative estimate of drug-likeness (QED) is 0.755. The normalized spacial score (nSPS) is 27.8. The number of nitrogens with zero attached hydrogens (tertiary/aromatic N) is 1. The van der Waals surface area contributed by atoms with Gasteiger partial charge in [-0.25, -0.2) is 0 Å². The van der Waals surface area contributed by atoms with E-state index in [4.69, 9.17) is 15.2 Å². The van der Waals surface area contributed by atoms with Gasteiger partial charge in [0.15, 0.2) is 5.79 Å². The van der Waals surface area contributed by atoms with Crippen molar-refractivity contribution in [1.29, 1.82) is 0 Å². The van der Waals surface area contributed by atoms with E-state index in [1.807, 2.05) is 0 Å². The van der Waals surface area contributed by atoms with Gasteiger partial charge in [-0.1, -0.05) is 0 Å². The second kappa shape index (κ2) is 4.14. The Morgan fingerprint density at radius 3 is 2.44 bits per heavy atom. The molecule has 2 saturated heterocycles. The van der Waals surface area contributed by atoms with E-state index < -0.39 is 24.6 Å². The number of hydrogen-bond donors (Lipinski definition) is 1. The summed E-state index contributed by atoms with van der Waals surface area (Å²) < 4.78 is 48.7. The van der Waals surface area contributed by atoms with Crippen LogP contribution in [-0.2, 0) is 9.47 Å². The lowest BCUT2D eigenvalue weighted by molar-refractivity contribution is -0.189. The highest BCUT2D eigenvalue weighted by atomic mass is 19.4. The van der Waals surface area contributed by atoms with Crippen LogP contribution in [0.5, 0.6) is 0 Å². The van der Waals surface area contributed by atoms with E-state index in [1.54, 1.807) is 0 Å². The van der Waals surface area contributed by atoms with Crippen molar-refractivity contribution in [1.82, 2.24) is 4.90 Å². The fraction of sp³-hybridized carbons (Fsp3) is 1.00. The Morgan fingerprint density at radius 2 is 1.94 bits per heavy atom. The van der Waals surface area contributed by atoms with Crippen LogP contribution >= 0.6 is 0 Å². The monoisotopic (exact) mass is 240 g/mol. The first-order chi connectivity index (χ1) is 7.47. The van der Waals surface area contributed by atoms with Crippen molar-refractivity contribution in [2.75, 3.05) is 32.8 Å². The summed E-state index contributed by atoms with van der Waals surface area (Å²) >= 11 is 0. The van der Waals surface area contributed by atoms with Gasteiger partial charge in [-0.15, -0.1) is 0 Å². The zero-order valence-electron chi connectivity index (χ0n) is 8.79. The van der Waals surface area contributed by atoms with Crippen molar-refractivity contribution in [3.05, 3.63) is 0 Å². The number of nitrogens with two attached hydrogens (primary N) is 1. The summed E-state index contributed by atoms with van der Waals surface area (Å²) in [6.45, 7) is 0.926. The predicted molar refractivity (Wildman–Crippen MR) is 49.7 cm³/mol. The van der Waals surface area contributed by atoms with E-state index in [0.29, 0.717) is 26.2 Å². The average molecular weight is 240 g/mol. The molecule has 0 aromatic rings. The summed E-state index contributed by atoms with van der Waals surface area (Å²) in [6, 6.07) is -1.60. The number of alkyl halides is 3. The molecule has 0 amide bonds. The maximum absolute atomic E-state index is 12.6. The first-order valence-corrected chi connectivity index (χ1v) is 5.26. The second-order valence-electron chi connectivity index (χ2n) is 4.12. The standard InChI is InChI=1S/C9H15F3N2O2/c10-9(11,12)7(5-13)14-2-1-8(6-14)15-3-4-16-8/h7H,1-6,13H2. The fourth-order valence-electron chi connectivity index (χ4n) is 2.27. The lowest BCUT2D eigenvalue weighted by Gasteiger charge is -2.29. The second-order valence-corrected chi connectivity index (χ2v) is 4.12. The number of hydrogen-bond acceptors (Lipinski definition) is 4. The van der Waals surface area contributed by atoms with Crippen LogP contribution in [0.2, 0.25) is 0 Å². The molecule has 2 aliphatic heterocycles. The van der Waals surface area contributed by atoms with Gasteiger partial charge in [0.2, 0.25) is 0 Å². The summed E-state index contributed by atoms with van der Waals surface area (Å²) in [5, 5.41) is 0. The largest absolute Gasteiger partial charge is 0.405 e. The van der Waals surface area contributed by atoms with Crippen molar-refractivity contribution in [3.63, 3.8) is 0 Å². The van der Waals surface area contributed by atoms with Gasteiger partial charge in [-0.2, -0.15) is 13.2 Å². The van der Waals surface area contributed by atoms with Crippen LogP contribution in [0.1, 0.15) is 6.42 Å². The summed E-state index contributed by atoms with van der Waals surface area (Å²) in [5.41, 5.74) is 5.18. The van der Waals surface area contributed by atoms with Crippen LogP contribution in [-0.4, -0.2) is 55.8 Å². The van der Waals surface area contributed by atoms with E-state index >= 15 is 0 Å². The summed E-state index contributed by atoms with van der Waals surface area (Å²) in [5.74, 6) is -0.821. The average Bonchev–Trinajstić information content (AvgIpc) is 2.77. The molecule has 2 heterocycles. The maximum atomic E-state index is 12.6. The van der Waals surface area contributed by atoms with Crippen molar-refractivity contribution in [3.8, 4) is 0 Å². The van der Waals surface area contributed by atoms with Crippen LogP contribution < -0.4 is 5.73 Å². The van der Waals surface area contributed by atoms with Crippen molar-refractivity contribution < 1.29 is 22.6 Å². The third-order valence-corrected chi connectivity index (χ3v) is 3.08. The van der Waals surface area contributed by atoms with E-state index in [-0.39, 0.29) is 6.54 Å². The molecule has 1 unspecified atom stereocenters. The van der Waals surface area contributed by atoms with Gasteiger partial charge in [0, 0.05) is 19.5 Å². The van der Waals surface area contributed by atoms with Crippen LogP contribution in [0.4, 0.5) is 13.2 Å². The Labute approximate surface area is 91.5 Å². The fourth-order valence-corrected chi connectivity index (χ4v) is 2.27. The Balaban J connectivity index is 2.01. The van der Waals surface area contributed by atoms with Gasteiger partial charge in [-0.3, -0.25) is 4.90 Å². The molecule has 2 N–H and O–H groups in total. The topological polar surface area (TPSA) is 47.7 Å². The number of likely N-dealkylation sites (tertiary alicyclic amines) is 1. The molecular formula is C9H15F3N2O2. The molecule has 4 nitrogen and oxygen atoms in total. The molecule has 1 spiro atoms. The summed E-state index contributed by atoms with van der Waals surface area (Å²) in [7, 11) is 0. The molecular weight excluding hydrogens is 225 g/mol. The zero-order valence-corrected chi connectivity index (χ0v) is 8.79. The van der Waals surface area contributed by atoms with Gasteiger partial charge in [0.05, 0.1) is 19.8 Å². The van der Waals surface area contributed by atoms with Crippen molar-refractivity contribution in [2.24, 2.45) is 5.73 Å². The van der Waals surface area contributed by atoms with Crippen LogP contribution in [0.15, 0.2) is 0 Å². The van der Waals surface area contributed by atoms with Crippen molar-refractivity contribution in [2.45, 2.75) is 24.4 Å². The molecule has 0 aromatic heterocycles. The third kappa shape index (κ3) is 2.17. The molecule has 0 bridgehead atoms. The molecule has 2 aliphatic rings. The molecule has 2 rings (SSSR count). The summed E-state index contributed by atoms with van der Waals surface area (Å²) in [6.07, 6.45) is -3.82. The number of rotatable bonds is 2. The predicted octanol–water partition coefficient (Wildman–Crippen LogP) is 0.325. The smallest absolute Gasteiger partial charge is 0.346 e. The molecule has 16 heavy (non-hydrogen) atoms. The molecule has 0 aromatic carbocycles. The number of ether oxygens (including phenoxy) is 2. The third-order valence-electron chi connectivity index (χ3n) is 3.08. The van der Waals surface area contributed by atoms with Gasteiger partial charge in [0.25, 0.3) is 0 Å². The van der Waals surface area contributed by atoms with E-state index in [0.717, 1.165) is 0 Å². The van der Waals surface area contributed by atoms with Crippen LogP contribution in [0, 0.1) is 0 Å². The van der Waals surface area contributed by atoms with Gasteiger partial charge < -0.3 is 15.2 Å². The molecule has 0 saturated carbocycles. The lowest BCUT2D eigenvalue weighted by atomic mass is 10.2. The van der Waals surface area contributed by atoms with E-state index in [9.17, 15) is 13.2 Å². The first kappa shape index (κ1) is 12.1. The highest BCUT2D eigenvalue weighted by Gasteiger charge is 2.51. The van der Waals surface area contributed by atoms with E-state index in [1.165, 1.54) is 4.90 Å². The molecule has 1 atom stereocenters. The van der Waals surface area contributed by atoms with Gasteiger partial charge >= 0.3 is 6.18 Å². The minimum absolute atomic E-state index is 0.147. The Bertz CT molecular complexity index is 254. The Morgan fingerprint density at radius 1 is 1.31 bits per heavy atom. The first-order valence-electron chi connectivity index (χ1n) is 5.26. The minimum Gasteiger partial charge on any atom is -0.346 e. The summed E-state index contributed by atoms with van der Waals surface area (Å²) in [4.78, 5) is 1.30. The molecule has 0 aliphatic carbocycles. The Hall–Kier alpha value is -0.370. The highest BCUT2D eigenvalue weighted by molar-refractivity contribution is 4.92. The maximum Gasteiger partial charge on any atom is 0.405 e. The van der Waals surface area contributed by atoms with Gasteiger partial charge in [0.1, 0.15) is 6.04 Å². The SMILES string of the molecule is NCC(N1CCC2(C1)OCCO2)C(F)(F)F. The molecule has 94 valence electrons. The Kier molecular flexibility index (Phi) is 3.13. The van der Waals surface area contributed by atoms with E-state index in [2.05, 4.69) is 0 Å². The van der Waals surface area contributed by atoms with Crippen molar-refractivity contribution >= 4 is 0 Å². The highest BCUT2D eigenvalue weighted by Crippen LogP contribution is 2.34. The number of halogens is 3. The zero-order chi connectivity index (χ0) is 11.8. The van der Waals surface area contributed by atoms with Crippen LogP contribution in [0.25, 0.3) is 0 Å². The molecule has 0 radical (unpaired) electrons.